The van der Waals surface area contributed by atoms with Crippen LogP contribution in [-0.2, 0) is 19.1 Å². The summed E-state index contributed by atoms with van der Waals surface area (Å²) in [5.74, 6) is -0.697. The van der Waals surface area contributed by atoms with E-state index in [0.29, 0.717) is 30.9 Å². The zero-order valence-electron chi connectivity index (χ0n) is 11.1. The lowest BCUT2D eigenvalue weighted by atomic mass is 10.1. The van der Waals surface area contributed by atoms with Gasteiger partial charge in [-0.05, 0) is 25.5 Å². The van der Waals surface area contributed by atoms with Gasteiger partial charge in [0.05, 0.1) is 0 Å². The van der Waals surface area contributed by atoms with Crippen LogP contribution in [0.1, 0.15) is 31.4 Å². The van der Waals surface area contributed by atoms with E-state index in [9.17, 15) is 9.59 Å². The fraction of sp³-hybridized carbons (Fsp3) is 0.429. The summed E-state index contributed by atoms with van der Waals surface area (Å²) in [6, 6.07) is 5.38. The van der Waals surface area contributed by atoms with Crippen molar-refractivity contribution < 1.29 is 19.1 Å². The van der Waals surface area contributed by atoms with E-state index in [-0.39, 0.29) is 18.3 Å². The summed E-state index contributed by atoms with van der Waals surface area (Å²) in [5, 5.41) is 2.70. The highest BCUT2D eigenvalue weighted by molar-refractivity contribution is 9.10. The molecule has 1 heterocycles. The molecule has 0 unspecified atom stereocenters. The van der Waals surface area contributed by atoms with Gasteiger partial charge in [-0.3, -0.25) is 9.59 Å². The van der Waals surface area contributed by atoms with Crippen LogP contribution in [0.25, 0.3) is 0 Å². The number of anilines is 1. The Morgan fingerprint density at radius 3 is 3.00 bits per heavy atom. The summed E-state index contributed by atoms with van der Waals surface area (Å²) in [7, 11) is 0. The molecule has 108 valence electrons. The maximum Gasteiger partial charge on any atom is 0.307 e. The Kier molecular flexibility index (Phi) is 5.14. The molecule has 1 aliphatic rings. The monoisotopic (exact) mass is 341 g/mol. The summed E-state index contributed by atoms with van der Waals surface area (Å²) in [4.78, 5) is 23.5. The van der Waals surface area contributed by atoms with Crippen LogP contribution in [0.15, 0.2) is 22.7 Å². The molecular formula is C14H16BrNO4. The van der Waals surface area contributed by atoms with E-state index >= 15 is 0 Å². The molecule has 0 bridgehead atoms. The number of hydrogen-bond acceptors (Lipinski definition) is 4. The van der Waals surface area contributed by atoms with Crippen molar-refractivity contribution in [1.82, 2.24) is 0 Å². The zero-order valence-corrected chi connectivity index (χ0v) is 12.7. The second-order valence-electron chi connectivity index (χ2n) is 4.39. The first kappa shape index (κ1) is 15.0. The van der Waals surface area contributed by atoms with Gasteiger partial charge >= 0.3 is 5.97 Å². The van der Waals surface area contributed by atoms with Gasteiger partial charge in [-0.1, -0.05) is 22.0 Å². The highest BCUT2D eigenvalue weighted by atomic mass is 79.9. The Hall–Kier alpha value is -1.40. The number of amides is 1. The average molecular weight is 342 g/mol. The molecule has 20 heavy (non-hydrogen) atoms. The lowest BCUT2D eigenvalue weighted by Gasteiger charge is -2.11. The number of rotatable bonds is 6. The highest BCUT2D eigenvalue weighted by Crippen LogP contribution is 2.35. The van der Waals surface area contributed by atoms with Crippen molar-refractivity contribution in [2.75, 3.05) is 18.5 Å². The van der Waals surface area contributed by atoms with Crippen LogP contribution in [0.2, 0.25) is 0 Å². The van der Waals surface area contributed by atoms with Gasteiger partial charge in [0.2, 0.25) is 6.10 Å². The minimum atomic E-state index is -0.849. The molecule has 0 saturated heterocycles. The molecular weight excluding hydrogens is 326 g/mol. The van der Waals surface area contributed by atoms with E-state index in [4.69, 9.17) is 9.47 Å². The van der Waals surface area contributed by atoms with Gasteiger partial charge < -0.3 is 14.8 Å². The quantitative estimate of drug-likeness (QED) is 0.638. The molecule has 0 fully saturated rings. The Bertz CT molecular complexity index is 518. The molecule has 0 aliphatic carbocycles. The lowest BCUT2D eigenvalue weighted by molar-refractivity contribution is -0.154. The van der Waals surface area contributed by atoms with E-state index in [1.54, 1.807) is 12.1 Å². The molecule has 1 aliphatic heterocycles. The number of halogens is 1. The molecule has 1 atom stereocenters. The third kappa shape index (κ3) is 3.58. The predicted octanol–water partition coefficient (Wildman–Crippen LogP) is 2.80. The topological polar surface area (TPSA) is 64.6 Å². The van der Waals surface area contributed by atoms with Crippen molar-refractivity contribution in [3.63, 3.8) is 0 Å². The fourth-order valence-electron chi connectivity index (χ4n) is 1.98. The molecule has 2 rings (SSSR count). The van der Waals surface area contributed by atoms with E-state index < -0.39 is 6.10 Å². The Morgan fingerprint density at radius 1 is 1.45 bits per heavy atom. The van der Waals surface area contributed by atoms with Gasteiger partial charge in [0, 0.05) is 35.4 Å². The van der Waals surface area contributed by atoms with Gasteiger partial charge in [0.15, 0.2) is 0 Å². The van der Waals surface area contributed by atoms with Crippen molar-refractivity contribution in [2.24, 2.45) is 0 Å². The van der Waals surface area contributed by atoms with Crippen LogP contribution >= 0.6 is 15.9 Å². The number of carbonyl (C=O) groups is 2. The molecule has 0 spiro atoms. The lowest BCUT2D eigenvalue weighted by Crippen LogP contribution is -2.19. The van der Waals surface area contributed by atoms with Crippen LogP contribution in [-0.4, -0.2) is 25.1 Å². The van der Waals surface area contributed by atoms with Gasteiger partial charge in [0.1, 0.15) is 0 Å². The maximum absolute atomic E-state index is 11.8. The van der Waals surface area contributed by atoms with Gasteiger partial charge in [-0.15, -0.1) is 0 Å². The minimum Gasteiger partial charge on any atom is -0.447 e. The van der Waals surface area contributed by atoms with Crippen molar-refractivity contribution in [3.8, 4) is 0 Å². The highest BCUT2D eigenvalue weighted by Gasteiger charge is 2.33. The third-order valence-corrected chi connectivity index (χ3v) is 3.41. The average Bonchev–Trinajstić information content (AvgIpc) is 2.70. The number of benzene rings is 1. The molecule has 1 aromatic rings. The number of nitrogens with one attached hydrogen (secondary N) is 1. The van der Waals surface area contributed by atoms with Crippen LogP contribution in [0.4, 0.5) is 5.69 Å². The Labute approximate surface area is 125 Å². The van der Waals surface area contributed by atoms with Crippen LogP contribution in [0.3, 0.4) is 0 Å². The van der Waals surface area contributed by atoms with E-state index in [2.05, 4.69) is 21.2 Å². The zero-order chi connectivity index (χ0) is 14.5. The minimum absolute atomic E-state index is 0.246. The second kappa shape index (κ2) is 6.85. The fourth-order valence-corrected chi connectivity index (χ4v) is 2.34. The first-order valence-corrected chi connectivity index (χ1v) is 7.28. The molecule has 0 aromatic heterocycles. The molecule has 6 heteroatoms. The second-order valence-corrected chi connectivity index (χ2v) is 5.31. The number of fused-ring (bicyclic) bond motifs is 1. The van der Waals surface area contributed by atoms with Crippen LogP contribution in [0, 0.1) is 0 Å². The molecule has 1 aromatic carbocycles. The Morgan fingerprint density at radius 2 is 2.25 bits per heavy atom. The predicted molar refractivity (Wildman–Crippen MR) is 77.3 cm³/mol. The largest absolute Gasteiger partial charge is 0.447 e. The number of ether oxygens (including phenoxy) is 2. The van der Waals surface area contributed by atoms with Crippen LogP contribution in [0.5, 0.6) is 0 Å². The van der Waals surface area contributed by atoms with Crippen LogP contribution < -0.4 is 5.32 Å². The summed E-state index contributed by atoms with van der Waals surface area (Å²) in [5.41, 5.74) is 1.37. The molecule has 0 saturated carbocycles. The first-order valence-electron chi connectivity index (χ1n) is 6.49. The number of hydrogen-bond donors (Lipinski definition) is 1. The summed E-state index contributed by atoms with van der Waals surface area (Å²) in [6.45, 7) is 3.05. The first-order chi connectivity index (χ1) is 9.61. The standard InChI is InChI=1S/C14H16BrNO4/c1-2-19-7-3-4-12(17)20-13-10-6-5-9(15)8-11(10)16-14(13)18/h5-6,8,13H,2-4,7H2,1H3,(H,16,18)/t13-/m0/s1. The van der Waals surface area contributed by atoms with Gasteiger partial charge in [-0.2, -0.15) is 0 Å². The van der Waals surface area contributed by atoms with Gasteiger partial charge in [0.25, 0.3) is 5.91 Å². The normalized spacial score (nSPS) is 16.7. The van der Waals surface area contributed by atoms with Crippen molar-refractivity contribution in [2.45, 2.75) is 25.9 Å². The SMILES string of the molecule is CCOCCCC(=O)O[C@@H]1C(=O)Nc2cc(Br)ccc21. The van der Waals surface area contributed by atoms with Crippen molar-refractivity contribution >= 4 is 33.5 Å². The summed E-state index contributed by atoms with van der Waals surface area (Å²) in [6.07, 6.45) is -0.0122. The molecule has 5 nitrogen and oxygen atoms in total. The maximum atomic E-state index is 11.8. The molecule has 1 N–H and O–H groups in total. The Balaban J connectivity index is 1.93. The van der Waals surface area contributed by atoms with E-state index in [0.717, 1.165) is 4.47 Å². The summed E-state index contributed by atoms with van der Waals surface area (Å²) >= 11 is 3.33. The van der Waals surface area contributed by atoms with Gasteiger partial charge in [-0.25, -0.2) is 0 Å². The summed E-state index contributed by atoms with van der Waals surface area (Å²) < 4.78 is 11.3. The molecule has 0 radical (unpaired) electrons. The number of esters is 1. The number of carbonyl (C=O) groups excluding carboxylic acids is 2. The van der Waals surface area contributed by atoms with E-state index in [1.165, 1.54) is 0 Å². The van der Waals surface area contributed by atoms with E-state index in [1.807, 2.05) is 13.0 Å². The van der Waals surface area contributed by atoms with Crippen molar-refractivity contribution in [1.29, 1.82) is 0 Å². The third-order valence-electron chi connectivity index (χ3n) is 2.92. The molecule has 1 amide bonds. The van der Waals surface area contributed by atoms with Crippen molar-refractivity contribution in [3.05, 3.63) is 28.2 Å². The smallest absolute Gasteiger partial charge is 0.307 e.